The van der Waals surface area contributed by atoms with E-state index in [9.17, 15) is 14.7 Å². The molecule has 0 fully saturated rings. The van der Waals surface area contributed by atoms with Crippen LogP contribution in [-0.4, -0.2) is 48.2 Å². The number of carboxylic acids is 1. The first-order valence-corrected chi connectivity index (χ1v) is 8.53. The number of hydrogen-bond acceptors (Lipinski definition) is 7. The first-order chi connectivity index (χ1) is 14.0. The number of carbonyl (C=O) groups is 2. The Labute approximate surface area is 163 Å². The number of rotatable bonds is 5. The van der Waals surface area contributed by atoms with E-state index in [2.05, 4.69) is 20.4 Å². The van der Waals surface area contributed by atoms with Crippen LogP contribution < -0.4 is 10.1 Å². The van der Waals surface area contributed by atoms with Gasteiger partial charge in [0.25, 0.3) is 5.91 Å². The zero-order chi connectivity index (χ0) is 20.5. The Kier molecular flexibility index (Phi) is 4.43. The van der Waals surface area contributed by atoms with Crippen LogP contribution in [0.25, 0.3) is 16.4 Å². The summed E-state index contributed by atoms with van der Waals surface area (Å²) in [5, 5.41) is 27.1. The Morgan fingerprint density at radius 2 is 2.03 bits per heavy atom. The standard InChI is InChI=1S/C19H15N5O5/c1-10-11-3-2-4-14(12(11)5-6-20-10)29-15-7-13(25)17(18-22-9-23-24(15)18)19(28)21-8-16(26)27/h2-7,9,25H,8H2,1H3,(H,21,28)(H,26,27). The molecule has 29 heavy (non-hydrogen) atoms. The number of benzene rings is 1. The van der Waals surface area contributed by atoms with Gasteiger partial charge in [0, 0.05) is 28.7 Å². The summed E-state index contributed by atoms with van der Waals surface area (Å²) in [5.41, 5.74) is 0.669. The minimum absolute atomic E-state index is 0.0287. The van der Waals surface area contributed by atoms with Crippen molar-refractivity contribution in [2.45, 2.75) is 6.92 Å². The number of aromatic hydroxyl groups is 1. The second-order valence-electron chi connectivity index (χ2n) is 6.16. The van der Waals surface area contributed by atoms with Crippen LogP contribution in [0.2, 0.25) is 0 Å². The molecule has 10 heteroatoms. The highest BCUT2D eigenvalue weighted by Gasteiger charge is 2.22. The van der Waals surface area contributed by atoms with Crippen LogP contribution in [0.15, 0.2) is 42.9 Å². The predicted molar refractivity (Wildman–Crippen MR) is 101 cm³/mol. The molecular formula is C19H15N5O5. The van der Waals surface area contributed by atoms with Crippen molar-refractivity contribution in [1.29, 1.82) is 0 Å². The Morgan fingerprint density at radius 1 is 1.21 bits per heavy atom. The van der Waals surface area contributed by atoms with E-state index in [1.807, 2.05) is 25.1 Å². The van der Waals surface area contributed by atoms with Gasteiger partial charge in [-0.05, 0) is 19.1 Å². The van der Waals surface area contributed by atoms with Gasteiger partial charge in [-0.25, -0.2) is 4.98 Å². The van der Waals surface area contributed by atoms with Crippen molar-refractivity contribution < 1.29 is 24.5 Å². The molecule has 3 heterocycles. The summed E-state index contributed by atoms with van der Waals surface area (Å²) >= 11 is 0. The number of aromatic nitrogens is 4. The number of nitrogens with one attached hydrogen (secondary N) is 1. The Balaban J connectivity index is 1.78. The topological polar surface area (TPSA) is 139 Å². The molecule has 0 atom stereocenters. The lowest BCUT2D eigenvalue weighted by molar-refractivity contribution is -0.135. The van der Waals surface area contributed by atoms with Crippen molar-refractivity contribution >= 4 is 28.3 Å². The van der Waals surface area contributed by atoms with Gasteiger partial charge >= 0.3 is 5.97 Å². The normalized spacial score (nSPS) is 10.9. The first kappa shape index (κ1) is 18.2. The van der Waals surface area contributed by atoms with E-state index >= 15 is 0 Å². The lowest BCUT2D eigenvalue weighted by Gasteiger charge is -2.13. The molecule has 0 aliphatic carbocycles. The van der Waals surface area contributed by atoms with E-state index in [1.165, 1.54) is 16.9 Å². The lowest BCUT2D eigenvalue weighted by atomic mass is 10.1. The maximum atomic E-state index is 12.3. The molecule has 10 nitrogen and oxygen atoms in total. The molecule has 1 amide bonds. The summed E-state index contributed by atoms with van der Waals surface area (Å²) in [7, 11) is 0. The van der Waals surface area contributed by atoms with Gasteiger partial charge in [-0.3, -0.25) is 14.6 Å². The molecule has 0 aliphatic heterocycles. The van der Waals surface area contributed by atoms with Crippen molar-refractivity contribution in [2.75, 3.05) is 6.54 Å². The van der Waals surface area contributed by atoms with Crippen molar-refractivity contribution in [3.63, 3.8) is 0 Å². The summed E-state index contributed by atoms with van der Waals surface area (Å²) in [6, 6.07) is 8.53. The number of hydrogen-bond donors (Lipinski definition) is 3. The minimum Gasteiger partial charge on any atom is -0.507 e. The van der Waals surface area contributed by atoms with Gasteiger partial charge in [0.1, 0.15) is 29.9 Å². The zero-order valence-corrected chi connectivity index (χ0v) is 15.2. The summed E-state index contributed by atoms with van der Waals surface area (Å²) in [6.07, 6.45) is 2.87. The molecule has 3 aromatic heterocycles. The number of aliphatic carboxylic acids is 1. The summed E-state index contributed by atoms with van der Waals surface area (Å²) in [5.74, 6) is -1.78. The van der Waals surface area contributed by atoms with Crippen LogP contribution in [0, 0.1) is 6.92 Å². The van der Waals surface area contributed by atoms with Gasteiger partial charge in [-0.2, -0.15) is 9.61 Å². The molecule has 0 saturated heterocycles. The third kappa shape index (κ3) is 3.27. The van der Waals surface area contributed by atoms with E-state index < -0.39 is 24.2 Å². The molecule has 4 aromatic rings. The number of carboxylic acid groups (broad SMARTS) is 1. The van der Waals surface area contributed by atoms with Gasteiger partial charge in [0.05, 0.1) is 0 Å². The van der Waals surface area contributed by atoms with Gasteiger partial charge < -0.3 is 20.3 Å². The van der Waals surface area contributed by atoms with Crippen LogP contribution in [0.4, 0.5) is 0 Å². The monoisotopic (exact) mass is 393 g/mol. The van der Waals surface area contributed by atoms with Gasteiger partial charge in [0.15, 0.2) is 5.65 Å². The fourth-order valence-corrected chi connectivity index (χ4v) is 3.00. The second-order valence-corrected chi connectivity index (χ2v) is 6.16. The first-order valence-electron chi connectivity index (χ1n) is 8.53. The second kappa shape index (κ2) is 7.08. The number of fused-ring (bicyclic) bond motifs is 2. The van der Waals surface area contributed by atoms with E-state index in [1.54, 1.807) is 12.3 Å². The molecule has 3 N–H and O–H groups in total. The molecule has 0 saturated carbocycles. The van der Waals surface area contributed by atoms with E-state index in [0.717, 1.165) is 16.5 Å². The lowest BCUT2D eigenvalue weighted by Crippen LogP contribution is -2.29. The SMILES string of the molecule is Cc1nccc2c(Oc3cc(O)c(C(=O)NCC(=O)O)c4ncnn34)cccc12. The maximum absolute atomic E-state index is 12.3. The Morgan fingerprint density at radius 3 is 2.83 bits per heavy atom. The molecule has 0 unspecified atom stereocenters. The number of nitrogens with zero attached hydrogens (tertiary/aromatic N) is 4. The van der Waals surface area contributed by atoms with Gasteiger partial charge in [-0.15, -0.1) is 0 Å². The number of ether oxygens (including phenoxy) is 1. The average molecular weight is 393 g/mol. The quantitative estimate of drug-likeness (QED) is 0.467. The fraction of sp³-hybridized carbons (Fsp3) is 0.105. The molecule has 0 spiro atoms. The van der Waals surface area contributed by atoms with Crippen LogP contribution >= 0.6 is 0 Å². The van der Waals surface area contributed by atoms with Crippen molar-refractivity contribution in [3.05, 3.63) is 54.1 Å². The smallest absolute Gasteiger partial charge is 0.322 e. The highest BCUT2D eigenvalue weighted by molar-refractivity contribution is 6.03. The molecule has 1 aromatic carbocycles. The predicted octanol–water partition coefficient (Wildman–Crippen LogP) is 1.90. The number of amides is 1. The summed E-state index contributed by atoms with van der Waals surface area (Å²) in [6.45, 7) is 1.29. The maximum Gasteiger partial charge on any atom is 0.322 e. The van der Waals surface area contributed by atoms with Crippen molar-refractivity contribution in [2.24, 2.45) is 0 Å². The summed E-state index contributed by atoms with van der Waals surface area (Å²) in [4.78, 5) is 31.3. The van der Waals surface area contributed by atoms with E-state index in [0.29, 0.717) is 5.75 Å². The third-order valence-electron chi connectivity index (χ3n) is 4.30. The van der Waals surface area contributed by atoms with Crippen molar-refractivity contribution in [1.82, 2.24) is 24.9 Å². The van der Waals surface area contributed by atoms with Crippen LogP contribution in [0.1, 0.15) is 16.1 Å². The largest absolute Gasteiger partial charge is 0.507 e. The Bertz CT molecular complexity index is 1270. The van der Waals surface area contributed by atoms with Crippen LogP contribution in [0.5, 0.6) is 17.4 Å². The Hall–Kier alpha value is -4.21. The number of carbonyl (C=O) groups excluding carboxylic acids is 1. The summed E-state index contributed by atoms with van der Waals surface area (Å²) < 4.78 is 7.23. The molecule has 4 rings (SSSR count). The van der Waals surface area contributed by atoms with Crippen molar-refractivity contribution in [3.8, 4) is 17.4 Å². The fourth-order valence-electron chi connectivity index (χ4n) is 3.00. The molecular weight excluding hydrogens is 378 g/mol. The van der Waals surface area contributed by atoms with Gasteiger partial charge in [0.2, 0.25) is 5.88 Å². The molecule has 0 aliphatic rings. The van der Waals surface area contributed by atoms with Crippen LogP contribution in [0.3, 0.4) is 0 Å². The van der Waals surface area contributed by atoms with E-state index in [4.69, 9.17) is 9.84 Å². The zero-order valence-electron chi connectivity index (χ0n) is 15.2. The van der Waals surface area contributed by atoms with Crippen LogP contribution in [-0.2, 0) is 4.79 Å². The molecule has 0 radical (unpaired) electrons. The highest BCUT2D eigenvalue weighted by Crippen LogP contribution is 2.34. The number of pyridine rings is 2. The third-order valence-corrected chi connectivity index (χ3v) is 4.30. The molecule has 146 valence electrons. The van der Waals surface area contributed by atoms with E-state index in [-0.39, 0.29) is 17.1 Å². The van der Waals surface area contributed by atoms with Gasteiger partial charge in [-0.1, -0.05) is 12.1 Å². The molecule has 0 bridgehead atoms. The number of aryl methyl sites for hydroxylation is 1. The minimum atomic E-state index is -1.21. The highest BCUT2D eigenvalue weighted by atomic mass is 16.5. The average Bonchev–Trinajstić information content (AvgIpc) is 3.17.